The SMILES string of the molecule is CCCCCC(=O)OCCOCCOCCOC(=O)O. The number of carboxylic acid groups (broad SMARTS) is 1. The number of hydrogen-bond donors (Lipinski definition) is 1. The molecule has 0 aliphatic carbocycles. The third-order valence-corrected chi connectivity index (χ3v) is 2.30. The zero-order valence-electron chi connectivity index (χ0n) is 12.0. The summed E-state index contributed by atoms with van der Waals surface area (Å²) in [6.07, 6.45) is 2.12. The quantitative estimate of drug-likeness (QED) is 0.409. The second-order valence-electron chi connectivity index (χ2n) is 4.02. The summed E-state index contributed by atoms with van der Waals surface area (Å²) in [5.41, 5.74) is 0. The van der Waals surface area contributed by atoms with E-state index in [4.69, 9.17) is 19.3 Å². The van der Waals surface area contributed by atoms with E-state index in [0.717, 1.165) is 19.3 Å². The maximum absolute atomic E-state index is 11.2. The molecule has 118 valence electrons. The fraction of sp³-hybridized carbons (Fsp3) is 0.846. The second kappa shape index (κ2) is 14.1. The van der Waals surface area contributed by atoms with E-state index < -0.39 is 6.16 Å². The molecule has 0 spiro atoms. The van der Waals surface area contributed by atoms with E-state index in [2.05, 4.69) is 11.7 Å². The number of rotatable bonds is 13. The molecule has 0 bridgehead atoms. The minimum Gasteiger partial charge on any atom is -0.463 e. The second-order valence-corrected chi connectivity index (χ2v) is 4.02. The normalized spacial score (nSPS) is 10.2. The zero-order valence-corrected chi connectivity index (χ0v) is 12.0. The summed E-state index contributed by atoms with van der Waals surface area (Å²) >= 11 is 0. The number of esters is 1. The first-order valence-electron chi connectivity index (χ1n) is 6.83. The molecule has 0 aliphatic rings. The van der Waals surface area contributed by atoms with Gasteiger partial charge in [-0.15, -0.1) is 0 Å². The minimum atomic E-state index is -1.31. The van der Waals surface area contributed by atoms with Crippen LogP contribution >= 0.6 is 0 Å². The molecule has 0 atom stereocenters. The molecule has 0 radical (unpaired) electrons. The van der Waals surface area contributed by atoms with Crippen molar-refractivity contribution in [3.05, 3.63) is 0 Å². The zero-order chi connectivity index (χ0) is 15.1. The number of ether oxygens (including phenoxy) is 4. The van der Waals surface area contributed by atoms with E-state index in [1.165, 1.54) is 0 Å². The molecular weight excluding hydrogens is 268 g/mol. The van der Waals surface area contributed by atoms with Crippen LogP contribution in [0.25, 0.3) is 0 Å². The van der Waals surface area contributed by atoms with Gasteiger partial charge in [0.25, 0.3) is 0 Å². The van der Waals surface area contributed by atoms with Crippen LogP contribution in [0.1, 0.15) is 32.6 Å². The Hall–Kier alpha value is -1.34. The first-order valence-corrected chi connectivity index (χ1v) is 6.83. The molecular formula is C13H24O7. The van der Waals surface area contributed by atoms with Gasteiger partial charge in [0.1, 0.15) is 13.2 Å². The Kier molecular flexibility index (Phi) is 13.1. The van der Waals surface area contributed by atoms with Crippen molar-refractivity contribution in [2.75, 3.05) is 39.6 Å². The van der Waals surface area contributed by atoms with Gasteiger partial charge in [-0.2, -0.15) is 0 Å². The Balaban J connectivity index is 3.12. The molecule has 0 saturated carbocycles. The first-order chi connectivity index (χ1) is 9.66. The molecule has 0 saturated heterocycles. The average molecular weight is 292 g/mol. The molecule has 0 unspecified atom stereocenters. The molecule has 0 rings (SSSR count). The largest absolute Gasteiger partial charge is 0.505 e. The maximum atomic E-state index is 11.2. The summed E-state index contributed by atoms with van der Waals surface area (Å²) in [5.74, 6) is -0.191. The first kappa shape index (κ1) is 18.7. The van der Waals surface area contributed by atoms with Crippen LogP contribution in [-0.4, -0.2) is 56.9 Å². The highest BCUT2D eigenvalue weighted by Crippen LogP contribution is 2.00. The fourth-order valence-corrected chi connectivity index (χ4v) is 1.32. The van der Waals surface area contributed by atoms with Crippen LogP contribution < -0.4 is 0 Å². The standard InChI is InChI=1S/C13H24O7/c1-2-3-4-5-12(14)19-10-8-17-6-7-18-9-11-20-13(15)16/h2-11H2,1H3,(H,15,16). The lowest BCUT2D eigenvalue weighted by Gasteiger charge is -2.07. The topological polar surface area (TPSA) is 91.3 Å². The predicted molar refractivity (Wildman–Crippen MR) is 70.7 cm³/mol. The molecule has 20 heavy (non-hydrogen) atoms. The summed E-state index contributed by atoms with van der Waals surface area (Å²) in [5, 5.41) is 8.18. The molecule has 0 aromatic carbocycles. The van der Waals surface area contributed by atoms with E-state index in [9.17, 15) is 9.59 Å². The van der Waals surface area contributed by atoms with Crippen LogP contribution in [0.5, 0.6) is 0 Å². The average Bonchev–Trinajstić information content (AvgIpc) is 2.41. The molecule has 0 aromatic heterocycles. The smallest absolute Gasteiger partial charge is 0.463 e. The fourth-order valence-electron chi connectivity index (χ4n) is 1.32. The van der Waals surface area contributed by atoms with Crippen molar-refractivity contribution < 1.29 is 33.6 Å². The van der Waals surface area contributed by atoms with Gasteiger partial charge >= 0.3 is 12.1 Å². The highest BCUT2D eigenvalue weighted by molar-refractivity contribution is 5.69. The number of carbonyl (C=O) groups is 2. The van der Waals surface area contributed by atoms with E-state index in [1.54, 1.807) is 0 Å². The van der Waals surface area contributed by atoms with E-state index in [-0.39, 0.29) is 25.8 Å². The van der Waals surface area contributed by atoms with Crippen molar-refractivity contribution in [1.29, 1.82) is 0 Å². The summed E-state index contributed by atoms with van der Waals surface area (Å²) in [7, 11) is 0. The molecule has 1 N–H and O–H groups in total. The van der Waals surface area contributed by atoms with E-state index >= 15 is 0 Å². The van der Waals surface area contributed by atoms with Gasteiger partial charge in [0, 0.05) is 6.42 Å². The Bertz CT molecular complexity index is 255. The predicted octanol–water partition coefficient (Wildman–Crippen LogP) is 1.84. The van der Waals surface area contributed by atoms with Gasteiger partial charge in [0.05, 0.1) is 26.4 Å². The Morgan fingerprint density at radius 3 is 1.95 bits per heavy atom. The molecule has 0 aliphatic heterocycles. The Labute approximate surface area is 119 Å². The van der Waals surface area contributed by atoms with Crippen molar-refractivity contribution in [3.63, 3.8) is 0 Å². The Morgan fingerprint density at radius 2 is 1.40 bits per heavy atom. The number of carbonyl (C=O) groups excluding carboxylic acids is 1. The lowest BCUT2D eigenvalue weighted by Crippen LogP contribution is -2.14. The van der Waals surface area contributed by atoms with Crippen molar-refractivity contribution in [3.8, 4) is 0 Å². The van der Waals surface area contributed by atoms with Gasteiger partial charge < -0.3 is 24.1 Å². The monoisotopic (exact) mass is 292 g/mol. The highest BCUT2D eigenvalue weighted by atomic mass is 16.7. The maximum Gasteiger partial charge on any atom is 0.505 e. The van der Waals surface area contributed by atoms with Crippen molar-refractivity contribution in [2.45, 2.75) is 32.6 Å². The third kappa shape index (κ3) is 14.7. The highest BCUT2D eigenvalue weighted by Gasteiger charge is 2.01. The molecule has 0 fully saturated rings. The number of hydrogen-bond acceptors (Lipinski definition) is 6. The molecule has 7 nitrogen and oxygen atoms in total. The number of unbranched alkanes of at least 4 members (excludes halogenated alkanes) is 2. The van der Waals surface area contributed by atoms with Gasteiger partial charge in [-0.05, 0) is 6.42 Å². The third-order valence-electron chi connectivity index (χ3n) is 2.30. The van der Waals surface area contributed by atoms with Crippen molar-refractivity contribution in [1.82, 2.24) is 0 Å². The molecule has 0 aromatic rings. The lowest BCUT2D eigenvalue weighted by atomic mass is 10.2. The van der Waals surface area contributed by atoms with Crippen LogP contribution in [0.2, 0.25) is 0 Å². The Morgan fingerprint density at radius 1 is 0.850 bits per heavy atom. The van der Waals surface area contributed by atoms with Crippen LogP contribution in [0, 0.1) is 0 Å². The summed E-state index contributed by atoms with van der Waals surface area (Å²) in [4.78, 5) is 21.2. The van der Waals surface area contributed by atoms with Crippen LogP contribution in [0.15, 0.2) is 0 Å². The van der Waals surface area contributed by atoms with E-state index in [1.807, 2.05) is 0 Å². The van der Waals surface area contributed by atoms with Crippen molar-refractivity contribution in [2.24, 2.45) is 0 Å². The molecule has 0 amide bonds. The van der Waals surface area contributed by atoms with Gasteiger partial charge in [-0.3, -0.25) is 4.79 Å². The van der Waals surface area contributed by atoms with E-state index in [0.29, 0.717) is 26.2 Å². The summed E-state index contributed by atoms with van der Waals surface area (Å²) in [6, 6.07) is 0. The van der Waals surface area contributed by atoms with Gasteiger partial charge in [-0.25, -0.2) is 4.79 Å². The van der Waals surface area contributed by atoms with Gasteiger partial charge in [0.15, 0.2) is 0 Å². The minimum absolute atomic E-state index is 0.00467. The lowest BCUT2D eigenvalue weighted by molar-refractivity contribution is -0.145. The summed E-state index contributed by atoms with van der Waals surface area (Å²) in [6.45, 7) is 3.55. The molecule has 0 heterocycles. The van der Waals surface area contributed by atoms with Crippen molar-refractivity contribution >= 4 is 12.1 Å². The van der Waals surface area contributed by atoms with Crippen LogP contribution in [0.4, 0.5) is 4.79 Å². The summed E-state index contributed by atoms with van der Waals surface area (Å²) < 4.78 is 19.5. The van der Waals surface area contributed by atoms with Gasteiger partial charge in [-0.1, -0.05) is 19.8 Å². The van der Waals surface area contributed by atoms with Crippen LogP contribution in [-0.2, 0) is 23.7 Å². The van der Waals surface area contributed by atoms with Gasteiger partial charge in [0.2, 0.25) is 0 Å². The van der Waals surface area contributed by atoms with Crippen LogP contribution in [0.3, 0.4) is 0 Å². The molecule has 7 heteroatoms.